The Morgan fingerprint density at radius 2 is 2.00 bits per heavy atom. The number of ether oxygens (including phenoxy) is 4. The summed E-state index contributed by atoms with van der Waals surface area (Å²) < 4.78 is 22.1. The number of aromatic nitrogens is 2. The van der Waals surface area contributed by atoms with Crippen molar-refractivity contribution in [2.75, 3.05) is 7.11 Å². The number of aromatic amines is 1. The van der Waals surface area contributed by atoms with Crippen molar-refractivity contribution in [2.24, 2.45) is 0 Å². The molecule has 4 rings (SSSR count). The van der Waals surface area contributed by atoms with Crippen LogP contribution in [0.25, 0.3) is 21.8 Å². The number of halogens is 1. The quantitative estimate of drug-likeness (QED) is 0.326. The maximum absolute atomic E-state index is 12.3. The van der Waals surface area contributed by atoms with Gasteiger partial charge in [0.2, 0.25) is 5.88 Å². The highest BCUT2D eigenvalue weighted by Gasteiger charge is 2.22. The molecule has 0 aliphatic carbocycles. The Balaban J connectivity index is 1.80. The minimum Gasteiger partial charge on any atom is -0.456 e. The smallest absolute Gasteiger partial charge is 0.456 e. The van der Waals surface area contributed by atoms with Crippen LogP contribution in [0, 0.1) is 11.3 Å². The maximum Gasteiger partial charge on any atom is 0.515 e. The van der Waals surface area contributed by atoms with Crippen LogP contribution in [0.2, 0.25) is 5.02 Å². The molecular weight excluding hydrogens is 458 g/mol. The first-order valence-corrected chi connectivity index (χ1v) is 10.8. The molecule has 34 heavy (non-hydrogen) atoms. The van der Waals surface area contributed by atoms with Gasteiger partial charge in [-0.2, -0.15) is 5.26 Å². The molecule has 2 aromatic carbocycles. The predicted molar refractivity (Wildman–Crippen MR) is 127 cm³/mol. The Labute approximate surface area is 201 Å². The van der Waals surface area contributed by atoms with Gasteiger partial charge in [-0.15, -0.1) is 0 Å². The standard InChI is InChI=1S/C25H22ClN3O5/c1-25(2,3)34-24(30)33-23-17(13-31-4)22-15-10-14(8-9-19(15)29-20(22)12-28-23)32-21-7-5-6-18(26)16(21)11-27/h5-10,12,29H,13H2,1-4H3. The number of nitrogens with zero attached hydrogens (tertiary/aromatic N) is 2. The van der Waals surface area contributed by atoms with E-state index in [9.17, 15) is 10.1 Å². The summed E-state index contributed by atoms with van der Waals surface area (Å²) in [5.41, 5.74) is 1.67. The average molecular weight is 480 g/mol. The van der Waals surface area contributed by atoms with Crippen LogP contribution in [0.15, 0.2) is 42.6 Å². The van der Waals surface area contributed by atoms with Gasteiger partial charge in [-0.1, -0.05) is 17.7 Å². The molecule has 2 aromatic heterocycles. The van der Waals surface area contributed by atoms with Gasteiger partial charge in [-0.25, -0.2) is 9.78 Å². The van der Waals surface area contributed by atoms with Gasteiger partial charge in [0.25, 0.3) is 0 Å². The number of hydrogen-bond donors (Lipinski definition) is 1. The molecule has 0 fully saturated rings. The van der Waals surface area contributed by atoms with E-state index in [0.29, 0.717) is 22.1 Å². The average Bonchev–Trinajstić information content (AvgIpc) is 3.12. The van der Waals surface area contributed by atoms with Gasteiger partial charge < -0.3 is 23.9 Å². The van der Waals surface area contributed by atoms with Crippen molar-refractivity contribution in [1.29, 1.82) is 5.26 Å². The highest BCUT2D eigenvalue weighted by molar-refractivity contribution is 6.32. The van der Waals surface area contributed by atoms with Crippen LogP contribution in [0.3, 0.4) is 0 Å². The monoisotopic (exact) mass is 479 g/mol. The zero-order valence-corrected chi connectivity index (χ0v) is 19.8. The summed E-state index contributed by atoms with van der Waals surface area (Å²) in [6.45, 7) is 5.40. The van der Waals surface area contributed by atoms with E-state index in [2.05, 4.69) is 16.0 Å². The largest absolute Gasteiger partial charge is 0.515 e. The fraction of sp³-hybridized carbons (Fsp3) is 0.240. The van der Waals surface area contributed by atoms with Gasteiger partial charge in [0.05, 0.1) is 28.9 Å². The number of carbonyl (C=O) groups is 1. The number of carbonyl (C=O) groups excluding carboxylic acids is 1. The molecule has 174 valence electrons. The third-order valence-electron chi connectivity index (χ3n) is 4.84. The Morgan fingerprint density at radius 3 is 2.71 bits per heavy atom. The highest BCUT2D eigenvalue weighted by Crippen LogP contribution is 2.37. The third-order valence-corrected chi connectivity index (χ3v) is 5.16. The second-order valence-corrected chi connectivity index (χ2v) is 8.90. The number of hydrogen-bond acceptors (Lipinski definition) is 7. The number of H-pyrrole nitrogens is 1. The Morgan fingerprint density at radius 1 is 1.21 bits per heavy atom. The second-order valence-electron chi connectivity index (χ2n) is 8.49. The summed E-state index contributed by atoms with van der Waals surface area (Å²) in [6.07, 6.45) is 0.727. The van der Waals surface area contributed by atoms with E-state index in [1.165, 1.54) is 0 Å². The molecule has 0 atom stereocenters. The summed E-state index contributed by atoms with van der Waals surface area (Å²) >= 11 is 6.13. The zero-order chi connectivity index (χ0) is 24.5. The van der Waals surface area contributed by atoms with Crippen molar-refractivity contribution < 1.29 is 23.7 Å². The van der Waals surface area contributed by atoms with Crippen LogP contribution in [0.5, 0.6) is 17.4 Å². The number of benzene rings is 2. The Bertz CT molecular complexity index is 1430. The summed E-state index contributed by atoms with van der Waals surface area (Å²) in [5, 5.41) is 11.3. The molecule has 0 saturated heterocycles. The first kappa shape index (κ1) is 23.4. The SMILES string of the molecule is COCc1c(OC(=O)OC(C)(C)C)ncc2[nH]c3ccc(Oc4cccc(Cl)c4C#N)cc3c12. The number of methoxy groups -OCH3 is 1. The van der Waals surface area contributed by atoms with Gasteiger partial charge in [0, 0.05) is 23.4 Å². The summed E-state index contributed by atoms with van der Waals surface area (Å²) in [7, 11) is 1.54. The molecule has 4 aromatic rings. The third kappa shape index (κ3) is 4.76. The Hall–Kier alpha value is -3.80. The molecule has 0 amide bonds. The number of nitriles is 1. The molecule has 2 heterocycles. The lowest BCUT2D eigenvalue weighted by molar-refractivity contribution is 0.0192. The molecule has 0 unspecified atom stereocenters. The molecule has 0 bridgehead atoms. The van der Waals surface area contributed by atoms with Crippen molar-refractivity contribution in [2.45, 2.75) is 33.0 Å². The topological polar surface area (TPSA) is 106 Å². The Kier molecular flexibility index (Phi) is 6.33. The van der Waals surface area contributed by atoms with Crippen molar-refractivity contribution in [3.8, 4) is 23.4 Å². The van der Waals surface area contributed by atoms with Gasteiger partial charge in [-0.05, 0) is 51.1 Å². The molecular formula is C25H22ClN3O5. The lowest BCUT2D eigenvalue weighted by atomic mass is 10.1. The maximum atomic E-state index is 12.3. The highest BCUT2D eigenvalue weighted by atomic mass is 35.5. The number of nitrogens with one attached hydrogen (secondary N) is 1. The zero-order valence-electron chi connectivity index (χ0n) is 19.1. The number of fused-ring (bicyclic) bond motifs is 3. The second kappa shape index (κ2) is 9.21. The van der Waals surface area contributed by atoms with Gasteiger partial charge in [-0.3, -0.25) is 0 Å². The molecule has 9 heteroatoms. The lowest BCUT2D eigenvalue weighted by Gasteiger charge is -2.19. The van der Waals surface area contributed by atoms with E-state index in [-0.39, 0.29) is 18.1 Å². The minimum atomic E-state index is -0.856. The normalized spacial score (nSPS) is 11.4. The minimum absolute atomic E-state index is 0.0948. The molecule has 0 radical (unpaired) electrons. The molecule has 0 aliphatic rings. The molecule has 8 nitrogen and oxygen atoms in total. The van der Waals surface area contributed by atoms with Crippen LogP contribution in [0.1, 0.15) is 31.9 Å². The van der Waals surface area contributed by atoms with Crippen LogP contribution < -0.4 is 9.47 Å². The van der Waals surface area contributed by atoms with Crippen molar-refractivity contribution >= 4 is 39.6 Å². The van der Waals surface area contributed by atoms with Crippen molar-refractivity contribution in [3.63, 3.8) is 0 Å². The molecule has 1 N–H and O–H groups in total. The van der Waals surface area contributed by atoms with Crippen LogP contribution >= 0.6 is 11.6 Å². The van der Waals surface area contributed by atoms with E-state index in [1.54, 1.807) is 58.3 Å². The molecule has 0 aliphatic heterocycles. The van der Waals surface area contributed by atoms with Crippen molar-refractivity contribution in [1.82, 2.24) is 9.97 Å². The van der Waals surface area contributed by atoms with E-state index in [0.717, 1.165) is 21.8 Å². The van der Waals surface area contributed by atoms with E-state index in [4.69, 9.17) is 30.5 Å². The first-order valence-electron chi connectivity index (χ1n) is 10.4. The first-order chi connectivity index (χ1) is 16.2. The number of pyridine rings is 1. The van der Waals surface area contributed by atoms with Crippen LogP contribution in [-0.2, 0) is 16.1 Å². The van der Waals surface area contributed by atoms with Gasteiger partial charge in [0.15, 0.2) is 0 Å². The van der Waals surface area contributed by atoms with Crippen LogP contribution in [0.4, 0.5) is 4.79 Å². The van der Waals surface area contributed by atoms with Gasteiger partial charge >= 0.3 is 6.16 Å². The van der Waals surface area contributed by atoms with Gasteiger partial charge in [0.1, 0.15) is 28.7 Å². The van der Waals surface area contributed by atoms with E-state index < -0.39 is 11.8 Å². The van der Waals surface area contributed by atoms with Crippen LogP contribution in [-0.4, -0.2) is 28.8 Å². The summed E-state index contributed by atoms with van der Waals surface area (Å²) in [5.74, 6) is 0.946. The summed E-state index contributed by atoms with van der Waals surface area (Å²) in [6, 6.07) is 12.5. The van der Waals surface area contributed by atoms with E-state index in [1.807, 2.05) is 12.1 Å². The fourth-order valence-corrected chi connectivity index (χ4v) is 3.73. The van der Waals surface area contributed by atoms with E-state index >= 15 is 0 Å². The molecule has 0 spiro atoms. The summed E-state index contributed by atoms with van der Waals surface area (Å²) in [4.78, 5) is 19.9. The van der Waals surface area contributed by atoms with Crippen molar-refractivity contribution in [3.05, 3.63) is 58.7 Å². The lowest BCUT2D eigenvalue weighted by Crippen LogP contribution is -2.26. The fourth-order valence-electron chi connectivity index (χ4n) is 3.53. The molecule has 0 saturated carbocycles. The number of rotatable bonds is 5. The predicted octanol–water partition coefficient (Wildman–Crippen LogP) is 6.49.